The van der Waals surface area contributed by atoms with Crippen molar-refractivity contribution in [1.29, 1.82) is 0 Å². The zero-order chi connectivity index (χ0) is 26.5. The van der Waals surface area contributed by atoms with Crippen molar-refractivity contribution in [2.45, 2.75) is 12.5 Å². The van der Waals surface area contributed by atoms with Crippen molar-refractivity contribution < 1.29 is 14.1 Å². The number of aromatic nitrogens is 5. The summed E-state index contributed by atoms with van der Waals surface area (Å²) in [6, 6.07) is 18.6. The number of halogens is 2. The fourth-order valence-electron chi connectivity index (χ4n) is 3.81. The van der Waals surface area contributed by atoms with Gasteiger partial charge in [0, 0.05) is 23.1 Å². The van der Waals surface area contributed by atoms with Gasteiger partial charge >= 0.3 is 0 Å². The Morgan fingerprint density at radius 3 is 2.68 bits per heavy atom. The number of benzene rings is 3. The molecule has 5 aromatic rings. The van der Waals surface area contributed by atoms with Gasteiger partial charge in [-0.2, -0.15) is 4.68 Å². The number of carbonyl (C=O) groups is 2. The predicted molar refractivity (Wildman–Crippen MR) is 143 cm³/mol. The van der Waals surface area contributed by atoms with Crippen LogP contribution in [0.3, 0.4) is 0 Å². The Bertz CT molecular complexity index is 1620. The maximum Gasteiger partial charge on any atom is 0.248 e. The Morgan fingerprint density at radius 1 is 1.05 bits per heavy atom. The Morgan fingerprint density at radius 2 is 1.89 bits per heavy atom. The van der Waals surface area contributed by atoms with Crippen LogP contribution in [-0.4, -0.2) is 43.2 Å². The van der Waals surface area contributed by atoms with Crippen LogP contribution in [-0.2, 0) is 16.0 Å². The summed E-state index contributed by atoms with van der Waals surface area (Å²) in [5.41, 5.74) is 2.45. The van der Waals surface area contributed by atoms with E-state index in [1.54, 1.807) is 42.5 Å². The van der Waals surface area contributed by atoms with E-state index in [1.807, 2.05) is 30.3 Å². The minimum Gasteiger partial charge on any atom is -0.352 e. The molecule has 0 spiro atoms. The lowest BCUT2D eigenvalue weighted by Crippen LogP contribution is -2.44. The number of amides is 2. The average Bonchev–Trinajstić information content (AvgIpc) is 3.59. The van der Waals surface area contributed by atoms with E-state index in [-0.39, 0.29) is 12.2 Å². The Kier molecular flexibility index (Phi) is 7.43. The number of tetrazole rings is 1. The lowest BCUT2D eigenvalue weighted by Gasteiger charge is -2.17. The first kappa shape index (κ1) is 25.1. The summed E-state index contributed by atoms with van der Waals surface area (Å²) in [4.78, 5) is 26.3. The van der Waals surface area contributed by atoms with Gasteiger partial charge in [0.25, 0.3) is 0 Å². The maximum atomic E-state index is 13.3. The van der Waals surface area contributed by atoms with E-state index in [9.17, 15) is 9.59 Å². The first-order valence-corrected chi connectivity index (χ1v) is 12.1. The SMILES string of the molecule is O=C(/C=C/c1cc(Cl)ccc1-n1cnnn1)NC(Cc1ccccc1)C(=O)Nc1noc2c(Cl)cccc12. The Hall–Kier alpha value is -4.54. The third-order valence-corrected chi connectivity index (χ3v) is 6.14. The molecule has 0 saturated heterocycles. The van der Waals surface area contributed by atoms with Gasteiger partial charge in [-0.05, 0) is 52.4 Å². The highest BCUT2D eigenvalue weighted by molar-refractivity contribution is 6.35. The first-order chi connectivity index (χ1) is 18.5. The Balaban J connectivity index is 1.37. The number of fused-ring (bicyclic) bond motifs is 1. The molecule has 2 aromatic heterocycles. The third-order valence-electron chi connectivity index (χ3n) is 5.61. The minimum atomic E-state index is -0.918. The number of para-hydroxylation sites is 1. The molecule has 2 N–H and O–H groups in total. The lowest BCUT2D eigenvalue weighted by atomic mass is 10.0. The van der Waals surface area contributed by atoms with Gasteiger partial charge in [0.15, 0.2) is 11.4 Å². The summed E-state index contributed by atoms with van der Waals surface area (Å²) in [5.74, 6) is -0.750. The zero-order valence-corrected chi connectivity index (χ0v) is 21.1. The normalized spacial score (nSPS) is 12.1. The van der Waals surface area contributed by atoms with Crippen molar-refractivity contribution in [3.05, 3.63) is 100 Å². The molecule has 1 unspecified atom stereocenters. The van der Waals surface area contributed by atoms with Crippen molar-refractivity contribution in [2.24, 2.45) is 0 Å². The molecule has 3 aromatic carbocycles. The van der Waals surface area contributed by atoms with E-state index in [1.165, 1.54) is 17.1 Å². The first-order valence-electron chi connectivity index (χ1n) is 11.4. The molecule has 38 heavy (non-hydrogen) atoms. The van der Waals surface area contributed by atoms with Crippen molar-refractivity contribution >= 4 is 57.9 Å². The molecule has 2 heterocycles. The number of hydrogen-bond donors (Lipinski definition) is 2. The molecule has 190 valence electrons. The van der Waals surface area contributed by atoms with E-state index in [0.717, 1.165) is 5.56 Å². The van der Waals surface area contributed by atoms with E-state index >= 15 is 0 Å². The molecule has 0 radical (unpaired) electrons. The highest BCUT2D eigenvalue weighted by atomic mass is 35.5. The van der Waals surface area contributed by atoms with Crippen molar-refractivity contribution in [2.75, 3.05) is 5.32 Å². The van der Waals surface area contributed by atoms with Gasteiger partial charge in [0.2, 0.25) is 11.8 Å². The number of nitrogens with zero attached hydrogens (tertiary/aromatic N) is 5. The summed E-state index contributed by atoms with van der Waals surface area (Å²) in [6.07, 6.45) is 4.57. The number of carbonyl (C=O) groups excluding carboxylic acids is 2. The molecular formula is C26H19Cl2N7O3. The molecular weight excluding hydrogens is 529 g/mol. The van der Waals surface area contributed by atoms with E-state index in [4.69, 9.17) is 27.7 Å². The molecule has 0 aliphatic carbocycles. The highest BCUT2D eigenvalue weighted by Crippen LogP contribution is 2.28. The zero-order valence-electron chi connectivity index (χ0n) is 19.6. The fourth-order valence-corrected chi connectivity index (χ4v) is 4.20. The van der Waals surface area contributed by atoms with Crippen molar-refractivity contribution in [1.82, 2.24) is 30.7 Å². The Labute approximate surface area is 226 Å². The molecule has 0 saturated carbocycles. The van der Waals surface area contributed by atoms with Crippen LogP contribution in [0.4, 0.5) is 5.82 Å². The van der Waals surface area contributed by atoms with Gasteiger partial charge in [-0.3, -0.25) is 9.59 Å². The van der Waals surface area contributed by atoms with E-state index < -0.39 is 17.9 Å². The minimum absolute atomic E-state index is 0.209. The predicted octanol–water partition coefficient (Wildman–Crippen LogP) is 4.49. The number of nitrogens with one attached hydrogen (secondary N) is 2. The van der Waals surface area contributed by atoms with Crippen LogP contribution in [0.1, 0.15) is 11.1 Å². The summed E-state index contributed by atoms with van der Waals surface area (Å²) in [5, 5.41) is 22.0. The van der Waals surface area contributed by atoms with Crippen LogP contribution in [0.15, 0.2) is 83.7 Å². The van der Waals surface area contributed by atoms with Gasteiger partial charge in [0.1, 0.15) is 12.4 Å². The second-order valence-corrected chi connectivity index (χ2v) is 9.02. The van der Waals surface area contributed by atoms with Gasteiger partial charge in [-0.25, -0.2) is 0 Å². The van der Waals surface area contributed by atoms with Gasteiger partial charge < -0.3 is 15.2 Å². The second kappa shape index (κ2) is 11.2. The fraction of sp³-hybridized carbons (Fsp3) is 0.0769. The van der Waals surface area contributed by atoms with Crippen LogP contribution in [0, 0.1) is 0 Å². The molecule has 0 fully saturated rings. The lowest BCUT2D eigenvalue weighted by molar-refractivity contribution is -0.123. The molecule has 10 nitrogen and oxygen atoms in total. The van der Waals surface area contributed by atoms with Gasteiger partial charge in [-0.15, -0.1) is 5.10 Å². The summed E-state index contributed by atoms with van der Waals surface area (Å²) in [7, 11) is 0. The van der Waals surface area contributed by atoms with Crippen LogP contribution in [0.2, 0.25) is 10.0 Å². The van der Waals surface area contributed by atoms with Crippen LogP contribution >= 0.6 is 23.2 Å². The number of hydrogen-bond acceptors (Lipinski definition) is 7. The molecule has 1 atom stereocenters. The smallest absolute Gasteiger partial charge is 0.248 e. The van der Waals surface area contributed by atoms with Crippen LogP contribution in [0.25, 0.3) is 22.7 Å². The summed E-state index contributed by atoms with van der Waals surface area (Å²) in [6.45, 7) is 0. The van der Waals surface area contributed by atoms with Gasteiger partial charge in [0.05, 0.1) is 16.1 Å². The second-order valence-electron chi connectivity index (χ2n) is 8.18. The maximum absolute atomic E-state index is 13.3. The number of rotatable bonds is 8. The molecule has 2 amide bonds. The van der Waals surface area contributed by atoms with E-state index in [2.05, 4.69) is 31.3 Å². The summed E-state index contributed by atoms with van der Waals surface area (Å²) < 4.78 is 6.73. The molecule has 0 bridgehead atoms. The van der Waals surface area contributed by atoms with Crippen molar-refractivity contribution in [3.8, 4) is 5.69 Å². The number of anilines is 1. The molecule has 12 heteroatoms. The van der Waals surface area contributed by atoms with E-state index in [0.29, 0.717) is 32.3 Å². The monoisotopic (exact) mass is 547 g/mol. The molecule has 0 aliphatic heterocycles. The highest BCUT2D eigenvalue weighted by Gasteiger charge is 2.23. The average molecular weight is 548 g/mol. The topological polar surface area (TPSA) is 128 Å². The summed E-state index contributed by atoms with van der Waals surface area (Å²) >= 11 is 12.3. The van der Waals surface area contributed by atoms with Crippen LogP contribution in [0.5, 0.6) is 0 Å². The molecule has 0 aliphatic rings. The quantitative estimate of drug-likeness (QED) is 0.274. The van der Waals surface area contributed by atoms with Crippen LogP contribution < -0.4 is 10.6 Å². The third kappa shape index (κ3) is 5.72. The van der Waals surface area contributed by atoms with Crippen molar-refractivity contribution in [3.63, 3.8) is 0 Å². The largest absolute Gasteiger partial charge is 0.352 e. The standard InChI is InChI=1S/C26H19Cl2N7O3/c27-18-10-11-22(35-15-29-33-34-35)17(14-18)9-12-23(36)30-21(13-16-5-2-1-3-6-16)26(37)31-25-19-7-4-8-20(28)24(19)38-32-25/h1-12,14-15,21H,13H2,(H,30,36)(H,31,32,37)/b12-9+. The molecule has 5 rings (SSSR count). The van der Waals surface area contributed by atoms with Gasteiger partial charge in [-0.1, -0.05) is 64.8 Å².